The third-order valence-electron chi connectivity index (χ3n) is 4.13. The summed E-state index contributed by atoms with van der Waals surface area (Å²) in [5.74, 6) is 0.898. The van der Waals surface area contributed by atoms with Crippen molar-refractivity contribution >= 4 is 0 Å². The quantitative estimate of drug-likeness (QED) is 0.754. The van der Waals surface area contributed by atoms with Crippen LogP contribution >= 0.6 is 0 Å². The molecule has 4 heteroatoms. The fraction of sp³-hybridized carbons (Fsp3) is 0.857. The zero-order chi connectivity index (χ0) is 13.0. The zero-order valence-corrected chi connectivity index (χ0v) is 11.8. The molecule has 4 nitrogen and oxygen atoms in total. The fourth-order valence-electron chi connectivity index (χ4n) is 2.97. The van der Waals surface area contributed by atoms with E-state index in [4.69, 9.17) is 4.74 Å². The highest BCUT2D eigenvalue weighted by Gasteiger charge is 2.29. The average molecular weight is 253 g/mol. The number of ether oxygens (including phenoxy) is 1. The largest absolute Gasteiger partial charge is 0.497 e. The Labute approximate surface area is 111 Å². The minimum absolute atomic E-state index is 0.304. The van der Waals surface area contributed by atoms with Gasteiger partial charge in [0.05, 0.1) is 12.6 Å². The summed E-state index contributed by atoms with van der Waals surface area (Å²) in [6.07, 6.45) is 2.59. The minimum Gasteiger partial charge on any atom is -0.497 e. The van der Waals surface area contributed by atoms with Gasteiger partial charge < -0.3 is 15.0 Å². The smallest absolute Gasteiger partial charge is 0.107 e. The highest BCUT2D eigenvalue weighted by molar-refractivity contribution is 5.01. The van der Waals surface area contributed by atoms with Crippen LogP contribution in [0.25, 0.3) is 0 Å². The first-order valence-electron chi connectivity index (χ1n) is 7.18. The summed E-state index contributed by atoms with van der Waals surface area (Å²) in [6, 6.07) is 1.05. The number of piperidine rings is 1. The minimum atomic E-state index is 0.304. The van der Waals surface area contributed by atoms with Crippen LogP contribution in [0.15, 0.2) is 12.3 Å². The normalized spacial score (nSPS) is 28.2. The third kappa shape index (κ3) is 3.46. The zero-order valence-electron chi connectivity index (χ0n) is 11.8. The summed E-state index contributed by atoms with van der Waals surface area (Å²) < 4.78 is 5.54. The van der Waals surface area contributed by atoms with Crippen molar-refractivity contribution in [2.75, 3.05) is 46.4 Å². The van der Waals surface area contributed by atoms with Crippen LogP contribution in [-0.4, -0.2) is 68.3 Å². The monoisotopic (exact) mass is 253 g/mol. The summed E-state index contributed by atoms with van der Waals surface area (Å²) in [5.41, 5.74) is 0. The maximum Gasteiger partial charge on any atom is 0.107 e. The van der Waals surface area contributed by atoms with E-state index in [1.54, 1.807) is 0 Å². The van der Waals surface area contributed by atoms with Gasteiger partial charge in [-0.25, -0.2) is 0 Å². The van der Waals surface area contributed by atoms with Crippen LogP contribution in [0.5, 0.6) is 0 Å². The van der Waals surface area contributed by atoms with E-state index in [9.17, 15) is 0 Å². The molecule has 0 aromatic carbocycles. The molecule has 0 amide bonds. The molecule has 2 aliphatic rings. The van der Waals surface area contributed by atoms with Gasteiger partial charge in [-0.2, -0.15) is 0 Å². The van der Waals surface area contributed by atoms with Crippen LogP contribution < -0.4 is 5.32 Å². The summed E-state index contributed by atoms with van der Waals surface area (Å²) in [7, 11) is 2.22. The Morgan fingerprint density at radius 1 is 1.33 bits per heavy atom. The van der Waals surface area contributed by atoms with E-state index in [2.05, 4.69) is 28.7 Å². The maximum atomic E-state index is 5.54. The van der Waals surface area contributed by atoms with E-state index >= 15 is 0 Å². The summed E-state index contributed by atoms with van der Waals surface area (Å²) >= 11 is 0. The average Bonchev–Trinajstić information content (AvgIpc) is 2.40. The number of hydrogen-bond acceptors (Lipinski definition) is 4. The van der Waals surface area contributed by atoms with Crippen molar-refractivity contribution in [3.63, 3.8) is 0 Å². The summed E-state index contributed by atoms with van der Waals surface area (Å²) in [6.45, 7) is 12.5. The Bertz CT molecular complexity index is 274. The Hall–Kier alpha value is -0.580. The molecule has 0 aromatic rings. The van der Waals surface area contributed by atoms with Crippen LogP contribution in [-0.2, 0) is 4.74 Å². The van der Waals surface area contributed by atoms with Gasteiger partial charge in [0.2, 0.25) is 0 Å². The van der Waals surface area contributed by atoms with Gasteiger partial charge >= 0.3 is 0 Å². The molecule has 0 radical (unpaired) electrons. The molecule has 2 fully saturated rings. The molecular weight excluding hydrogens is 226 g/mol. The topological polar surface area (TPSA) is 27.7 Å². The molecule has 0 bridgehead atoms. The van der Waals surface area contributed by atoms with Crippen molar-refractivity contribution < 1.29 is 4.74 Å². The second kappa shape index (κ2) is 6.55. The Balaban J connectivity index is 1.84. The van der Waals surface area contributed by atoms with Crippen LogP contribution in [0.4, 0.5) is 0 Å². The molecule has 0 aromatic heterocycles. The lowest BCUT2D eigenvalue weighted by molar-refractivity contribution is 0.0821. The number of rotatable bonds is 4. The van der Waals surface area contributed by atoms with Gasteiger partial charge in [0.1, 0.15) is 5.76 Å². The van der Waals surface area contributed by atoms with Crippen molar-refractivity contribution in [2.24, 2.45) is 0 Å². The molecule has 2 aliphatic heterocycles. The maximum absolute atomic E-state index is 5.54. The van der Waals surface area contributed by atoms with Gasteiger partial charge in [0.25, 0.3) is 0 Å². The lowest BCUT2D eigenvalue weighted by Crippen LogP contribution is -2.56. The number of likely N-dealkylation sites (tertiary alicyclic amines) is 1. The highest BCUT2D eigenvalue weighted by Crippen LogP contribution is 2.18. The molecule has 0 saturated carbocycles. The molecule has 104 valence electrons. The summed E-state index contributed by atoms with van der Waals surface area (Å²) in [5, 5.41) is 3.50. The molecule has 1 N–H and O–H groups in total. The van der Waals surface area contributed by atoms with E-state index in [0.29, 0.717) is 12.6 Å². The first-order chi connectivity index (χ1) is 8.70. The van der Waals surface area contributed by atoms with E-state index < -0.39 is 0 Å². The predicted octanol–water partition coefficient (Wildman–Crippen LogP) is 0.905. The van der Waals surface area contributed by atoms with Gasteiger partial charge in [-0.15, -0.1) is 0 Å². The van der Waals surface area contributed by atoms with Crippen LogP contribution in [0.2, 0.25) is 0 Å². The predicted molar refractivity (Wildman–Crippen MR) is 74.6 cm³/mol. The number of hydrogen-bond donors (Lipinski definition) is 1. The molecule has 18 heavy (non-hydrogen) atoms. The van der Waals surface area contributed by atoms with Gasteiger partial charge in [0.15, 0.2) is 0 Å². The molecule has 2 heterocycles. The van der Waals surface area contributed by atoms with Gasteiger partial charge in [-0.05, 0) is 39.9 Å². The van der Waals surface area contributed by atoms with Gasteiger partial charge in [-0.1, -0.05) is 6.58 Å². The first-order valence-corrected chi connectivity index (χ1v) is 7.18. The third-order valence-corrected chi connectivity index (χ3v) is 4.13. The fourth-order valence-corrected chi connectivity index (χ4v) is 2.97. The first kappa shape index (κ1) is 13.8. The van der Waals surface area contributed by atoms with E-state index in [1.165, 1.54) is 25.9 Å². The van der Waals surface area contributed by atoms with Crippen LogP contribution in [0, 0.1) is 0 Å². The standard InChI is InChI=1S/C14H27N3O/c1-4-18-12(2)14-11-17(10-7-15-14)13-5-8-16(3)9-6-13/h13-15H,2,4-11H2,1,3H3. The van der Waals surface area contributed by atoms with E-state index in [-0.39, 0.29) is 0 Å². The van der Waals surface area contributed by atoms with Crippen molar-refractivity contribution in [2.45, 2.75) is 31.8 Å². The van der Waals surface area contributed by atoms with Crippen molar-refractivity contribution in [3.8, 4) is 0 Å². The lowest BCUT2D eigenvalue weighted by atomic mass is 10.0. The van der Waals surface area contributed by atoms with Crippen molar-refractivity contribution in [1.82, 2.24) is 15.1 Å². The number of nitrogens with one attached hydrogen (secondary N) is 1. The molecule has 2 rings (SSSR count). The SMILES string of the molecule is C=C(OCC)C1CN(C2CCN(C)CC2)CCN1. The molecule has 0 spiro atoms. The molecule has 0 aliphatic carbocycles. The number of nitrogens with zero attached hydrogens (tertiary/aromatic N) is 2. The molecular formula is C14H27N3O. The molecule has 1 unspecified atom stereocenters. The van der Waals surface area contributed by atoms with Crippen molar-refractivity contribution in [3.05, 3.63) is 12.3 Å². The second-order valence-electron chi connectivity index (χ2n) is 5.44. The van der Waals surface area contributed by atoms with Crippen LogP contribution in [0.1, 0.15) is 19.8 Å². The highest BCUT2D eigenvalue weighted by atomic mass is 16.5. The second-order valence-corrected chi connectivity index (χ2v) is 5.44. The molecule has 2 saturated heterocycles. The Kier molecular flexibility index (Phi) is 5.03. The Morgan fingerprint density at radius 3 is 2.72 bits per heavy atom. The lowest BCUT2D eigenvalue weighted by Gasteiger charge is -2.42. The van der Waals surface area contributed by atoms with Gasteiger partial charge in [-0.3, -0.25) is 4.90 Å². The van der Waals surface area contributed by atoms with Crippen LogP contribution in [0.3, 0.4) is 0 Å². The van der Waals surface area contributed by atoms with E-state index in [0.717, 1.165) is 31.4 Å². The van der Waals surface area contributed by atoms with E-state index in [1.807, 2.05) is 6.92 Å². The number of piperazine rings is 1. The summed E-state index contributed by atoms with van der Waals surface area (Å²) in [4.78, 5) is 5.05. The Morgan fingerprint density at radius 2 is 2.06 bits per heavy atom. The van der Waals surface area contributed by atoms with Gasteiger partial charge in [0, 0.05) is 25.7 Å². The van der Waals surface area contributed by atoms with Crippen molar-refractivity contribution in [1.29, 1.82) is 0 Å². The molecule has 1 atom stereocenters.